The predicted octanol–water partition coefficient (Wildman–Crippen LogP) is 3.84. The van der Waals surface area contributed by atoms with Gasteiger partial charge in [-0.1, -0.05) is 12.1 Å². The fourth-order valence-corrected chi connectivity index (χ4v) is 1.63. The molecular formula is C12H11F6NO. The second-order valence-corrected chi connectivity index (χ2v) is 4.19. The topological polar surface area (TPSA) is 29.1 Å². The molecule has 0 aromatic heterocycles. The third-order valence-electron chi connectivity index (χ3n) is 2.45. The maximum Gasteiger partial charge on any atom is 0.416 e. The molecule has 0 aliphatic rings. The Morgan fingerprint density at radius 1 is 1.10 bits per heavy atom. The van der Waals surface area contributed by atoms with E-state index in [1.165, 1.54) is 0 Å². The zero-order chi connectivity index (χ0) is 15.6. The average molecular weight is 299 g/mol. The van der Waals surface area contributed by atoms with Crippen molar-refractivity contribution in [2.75, 3.05) is 0 Å². The predicted molar refractivity (Wildman–Crippen MR) is 58.7 cm³/mol. The van der Waals surface area contributed by atoms with Crippen molar-refractivity contribution >= 4 is 5.91 Å². The molecule has 0 fully saturated rings. The Morgan fingerprint density at radius 3 is 1.95 bits per heavy atom. The molecule has 0 bridgehead atoms. The van der Waals surface area contributed by atoms with E-state index in [1.807, 2.05) is 0 Å². The van der Waals surface area contributed by atoms with Crippen LogP contribution in [0, 0.1) is 0 Å². The molecule has 1 unspecified atom stereocenters. The minimum absolute atomic E-state index is 0.0366. The number of benzene rings is 1. The molecular weight excluding hydrogens is 288 g/mol. The van der Waals surface area contributed by atoms with Gasteiger partial charge in [-0.25, -0.2) is 0 Å². The Hall–Kier alpha value is -1.73. The third kappa shape index (κ3) is 5.10. The van der Waals surface area contributed by atoms with Crippen LogP contribution in [0.2, 0.25) is 0 Å². The molecule has 0 aliphatic carbocycles. The minimum atomic E-state index is -4.56. The van der Waals surface area contributed by atoms with Gasteiger partial charge in [-0.05, 0) is 17.7 Å². The molecule has 8 heteroatoms. The normalized spacial score (nSPS) is 13.9. The Kier molecular flexibility index (Phi) is 4.67. The molecule has 0 radical (unpaired) electrons. The number of nitrogens with one attached hydrogen (secondary N) is 1. The summed E-state index contributed by atoms with van der Waals surface area (Å²) < 4.78 is 74.2. The van der Waals surface area contributed by atoms with Crippen LogP contribution in [0.15, 0.2) is 24.3 Å². The Balaban J connectivity index is 2.99. The van der Waals surface area contributed by atoms with E-state index in [4.69, 9.17) is 0 Å². The summed E-state index contributed by atoms with van der Waals surface area (Å²) in [6, 6.07) is 1.81. The van der Waals surface area contributed by atoms with Gasteiger partial charge in [0.2, 0.25) is 5.91 Å². The molecule has 20 heavy (non-hydrogen) atoms. The third-order valence-corrected chi connectivity index (χ3v) is 2.45. The van der Waals surface area contributed by atoms with Crippen molar-refractivity contribution in [3.05, 3.63) is 35.4 Å². The quantitative estimate of drug-likeness (QED) is 0.844. The highest BCUT2D eigenvalue weighted by atomic mass is 19.4. The molecule has 0 saturated carbocycles. The lowest BCUT2D eigenvalue weighted by Gasteiger charge is -2.20. The highest BCUT2D eigenvalue weighted by Crippen LogP contribution is 2.33. The maximum absolute atomic E-state index is 12.4. The maximum atomic E-state index is 12.4. The smallest absolute Gasteiger partial charge is 0.349 e. The summed E-state index contributed by atoms with van der Waals surface area (Å²) >= 11 is 0. The van der Waals surface area contributed by atoms with Crippen molar-refractivity contribution in [3.63, 3.8) is 0 Å². The van der Waals surface area contributed by atoms with Crippen LogP contribution >= 0.6 is 0 Å². The first-order valence-corrected chi connectivity index (χ1v) is 5.50. The second-order valence-electron chi connectivity index (χ2n) is 4.19. The molecule has 0 spiro atoms. The molecule has 1 amide bonds. The number of rotatable bonds is 3. The summed E-state index contributed by atoms with van der Waals surface area (Å²) in [7, 11) is 0. The van der Waals surface area contributed by atoms with Crippen LogP contribution in [0.3, 0.4) is 0 Å². The van der Waals surface area contributed by atoms with Gasteiger partial charge in [0.05, 0.1) is 18.0 Å². The van der Waals surface area contributed by atoms with E-state index in [9.17, 15) is 31.1 Å². The molecule has 1 rings (SSSR count). The van der Waals surface area contributed by atoms with Gasteiger partial charge in [0, 0.05) is 6.92 Å². The zero-order valence-corrected chi connectivity index (χ0v) is 10.3. The van der Waals surface area contributed by atoms with Gasteiger partial charge in [-0.15, -0.1) is 0 Å². The number of carbonyl (C=O) groups is 1. The standard InChI is InChI=1S/C12H11F6NO/c1-7(20)19-10(6-11(13,14)15)8-2-4-9(5-3-8)12(16,17)18/h2-5,10H,6H2,1H3,(H,19,20). The number of hydrogen-bond acceptors (Lipinski definition) is 1. The van der Waals surface area contributed by atoms with Crippen molar-refractivity contribution in [2.24, 2.45) is 0 Å². The molecule has 1 atom stereocenters. The fraction of sp³-hybridized carbons (Fsp3) is 0.417. The SMILES string of the molecule is CC(=O)NC(CC(F)(F)F)c1ccc(C(F)(F)F)cc1. The minimum Gasteiger partial charge on any atom is -0.349 e. The van der Waals surface area contributed by atoms with Gasteiger partial charge in [0.1, 0.15) is 0 Å². The van der Waals surface area contributed by atoms with Crippen LogP contribution in [0.4, 0.5) is 26.3 Å². The molecule has 0 heterocycles. The molecule has 1 aromatic rings. The molecule has 1 N–H and O–H groups in total. The number of amides is 1. The summed E-state index contributed by atoms with van der Waals surface area (Å²) in [6.45, 7) is 1.04. The van der Waals surface area contributed by atoms with Crippen LogP contribution in [-0.2, 0) is 11.0 Å². The summed E-state index contributed by atoms with van der Waals surface area (Å²) in [5.41, 5.74) is -1.000. The van der Waals surface area contributed by atoms with E-state index >= 15 is 0 Å². The second kappa shape index (κ2) is 5.72. The van der Waals surface area contributed by atoms with Gasteiger partial charge in [-0.2, -0.15) is 26.3 Å². The van der Waals surface area contributed by atoms with Gasteiger partial charge in [-0.3, -0.25) is 4.79 Å². The van der Waals surface area contributed by atoms with E-state index in [2.05, 4.69) is 5.32 Å². The van der Waals surface area contributed by atoms with Crippen LogP contribution in [0.25, 0.3) is 0 Å². The van der Waals surface area contributed by atoms with Crippen molar-refractivity contribution < 1.29 is 31.1 Å². The average Bonchev–Trinajstić information content (AvgIpc) is 2.24. The van der Waals surface area contributed by atoms with Crippen molar-refractivity contribution in [2.45, 2.75) is 31.7 Å². The molecule has 0 saturated heterocycles. The first kappa shape index (κ1) is 16.3. The lowest BCUT2D eigenvalue weighted by atomic mass is 10.0. The van der Waals surface area contributed by atoms with Gasteiger partial charge >= 0.3 is 12.4 Å². The lowest BCUT2D eigenvalue weighted by Crippen LogP contribution is -2.30. The Labute approximate surface area is 110 Å². The van der Waals surface area contributed by atoms with Crippen molar-refractivity contribution in [1.82, 2.24) is 5.32 Å². The first-order valence-electron chi connectivity index (χ1n) is 5.50. The van der Waals surface area contributed by atoms with Crippen LogP contribution < -0.4 is 5.32 Å². The Morgan fingerprint density at radius 2 is 1.60 bits per heavy atom. The zero-order valence-electron chi connectivity index (χ0n) is 10.3. The Bertz CT molecular complexity index is 462. The van der Waals surface area contributed by atoms with Crippen molar-refractivity contribution in [1.29, 1.82) is 0 Å². The van der Waals surface area contributed by atoms with Crippen molar-refractivity contribution in [3.8, 4) is 0 Å². The van der Waals surface area contributed by atoms with E-state index in [0.29, 0.717) is 12.1 Å². The van der Waals surface area contributed by atoms with Gasteiger partial charge in [0.25, 0.3) is 0 Å². The summed E-state index contributed by atoms with van der Waals surface area (Å²) in [4.78, 5) is 10.9. The summed E-state index contributed by atoms with van der Waals surface area (Å²) in [5, 5.41) is 2.07. The largest absolute Gasteiger partial charge is 0.416 e. The van der Waals surface area contributed by atoms with E-state index in [0.717, 1.165) is 19.1 Å². The number of hydrogen-bond donors (Lipinski definition) is 1. The van der Waals surface area contributed by atoms with E-state index < -0.39 is 36.3 Å². The number of alkyl halides is 6. The number of carbonyl (C=O) groups excluding carboxylic acids is 1. The highest BCUT2D eigenvalue weighted by molar-refractivity contribution is 5.73. The molecule has 112 valence electrons. The van der Waals surface area contributed by atoms with Gasteiger partial charge < -0.3 is 5.32 Å². The lowest BCUT2D eigenvalue weighted by molar-refractivity contribution is -0.143. The first-order chi connectivity index (χ1) is 8.99. The van der Waals surface area contributed by atoms with Crippen LogP contribution in [-0.4, -0.2) is 12.1 Å². The monoisotopic (exact) mass is 299 g/mol. The molecule has 2 nitrogen and oxygen atoms in total. The van der Waals surface area contributed by atoms with Crippen LogP contribution in [0.5, 0.6) is 0 Å². The number of halogens is 6. The summed E-state index contributed by atoms with van der Waals surface area (Å²) in [5.74, 6) is -0.695. The van der Waals surface area contributed by atoms with Crippen LogP contribution in [0.1, 0.15) is 30.5 Å². The summed E-state index contributed by atoms with van der Waals surface area (Å²) in [6.07, 6.45) is -10.5. The molecule has 0 aliphatic heterocycles. The van der Waals surface area contributed by atoms with Gasteiger partial charge in [0.15, 0.2) is 0 Å². The molecule has 1 aromatic carbocycles. The van der Waals surface area contributed by atoms with E-state index in [-0.39, 0.29) is 5.56 Å². The fourth-order valence-electron chi connectivity index (χ4n) is 1.63. The van der Waals surface area contributed by atoms with E-state index in [1.54, 1.807) is 0 Å². The highest BCUT2D eigenvalue weighted by Gasteiger charge is 2.34.